The van der Waals surface area contributed by atoms with Gasteiger partial charge in [0.25, 0.3) is 0 Å². The van der Waals surface area contributed by atoms with E-state index in [4.69, 9.17) is 25.7 Å². The molecule has 4 aliphatic carbocycles. The number of aliphatic hydroxyl groups excluding tert-OH is 4. The summed E-state index contributed by atoms with van der Waals surface area (Å²) in [6.07, 6.45) is 7.70. The maximum Gasteiger partial charge on any atom is 0.336 e. The van der Waals surface area contributed by atoms with E-state index in [2.05, 4.69) is 17.6 Å². The number of hydrogen-bond donors (Lipinski definition) is 9. The molecular formula is C48H78N4O10. The van der Waals surface area contributed by atoms with Gasteiger partial charge < -0.3 is 61.8 Å². The van der Waals surface area contributed by atoms with Gasteiger partial charge >= 0.3 is 5.97 Å². The molecule has 0 spiro atoms. The zero-order chi connectivity index (χ0) is 43.7. The van der Waals surface area contributed by atoms with Crippen LogP contribution in [0.2, 0.25) is 0 Å². The van der Waals surface area contributed by atoms with Gasteiger partial charge in [0, 0.05) is 24.9 Å². The number of nitrogens with two attached hydrogens (primary N) is 2. The van der Waals surface area contributed by atoms with Crippen LogP contribution in [-0.2, 0) is 23.8 Å². The zero-order valence-electron chi connectivity index (χ0n) is 37.2. The van der Waals surface area contributed by atoms with Gasteiger partial charge in [0.15, 0.2) is 0 Å². The van der Waals surface area contributed by atoms with Crippen LogP contribution >= 0.6 is 0 Å². The SMILES string of the molecule is CC=C(C(=O)O[C@H]1CC2C(O)C3C(=O)CC(CO)OC3C3C2O[C@@]1(C)[C@H](CC1CCC(N)NC1)CC1CCC2CCC(O)CC2C(CO)C3C2CCNC(N)C12)C1(O)CCCC1. The van der Waals surface area contributed by atoms with Crippen LogP contribution in [0, 0.1) is 71.0 Å². The van der Waals surface area contributed by atoms with Crippen molar-refractivity contribution in [2.24, 2.45) is 82.5 Å². The highest BCUT2D eigenvalue weighted by Crippen LogP contribution is 2.61. The normalized spacial score (nSPS) is 50.5. The van der Waals surface area contributed by atoms with E-state index in [1.165, 1.54) is 0 Å². The largest absolute Gasteiger partial charge is 0.456 e. The van der Waals surface area contributed by atoms with E-state index in [1.807, 2.05) is 0 Å². The minimum Gasteiger partial charge on any atom is -0.456 e. The van der Waals surface area contributed by atoms with Crippen LogP contribution in [0.3, 0.4) is 0 Å². The van der Waals surface area contributed by atoms with Crippen molar-refractivity contribution in [1.82, 2.24) is 10.6 Å². The van der Waals surface area contributed by atoms with Crippen LogP contribution in [0.1, 0.15) is 117 Å². The van der Waals surface area contributed by atoms with Crippen LogP contribution in [-0.4, -0.2) is 124 Å². The highest BCUT2D eigenvalue weighted by molar-refractivity contribution is 5.91. The first kappa shape index (κ1) is 45.6. The minimum atomic E-state index is -1.28. The number of piperidine rings is 2. The van der Waals surface area contributed by atoms with Gasteiger partial charge in [-0.3, -0.25) is 4.79 Å². The molecule has 9 rings (SSSR count). The highest BCUT2D eigenvalue weighted by Gasteiger charge is 2.67. The molecule has 9 aliphatic rings. The Morgan fingerprint density at radius 3 is 2.35 bits per heavy atom. The number of allylic oxidation sites excluding steroid dienone is 1. The van der Waals surface area contributed by atoms with Crippen LogP contribution in [0.25, 0.3) is 0 Å². The number of nitrogens with one attached hydrogen (secondary N) is 2. The third-order valence-corrected chi connectivity index (χ3v) is 18.9. The Labute approximate surface area is 368 Å². The molecule has 21 atom stereocenters. The van der Waals surface area contributed by atoms with Crippen molar-refractivity contribution in [1.29, 1.82) is 0 Å². The molecule has 0 aromatic carbocycles. The van der Waals surface area contributed by atoms with Gasteiger partial charge in [-0.05, 0) is 164 Å². The minimum absolute atomic E-state index is 0.000344. The van der Waals surface area contributed by atoms with E-state index in [-0.39, 0.29) is 103 Å². The molecule has 5 aliphatic heterocycles. The van der Waals surface area contributed by atoms with Crippen molar-refractivity contribution in [3.8, 4) is 0 Å². The molecule has 11 N–H and O–H groups in total. The number of hydrogen-bond acceptors (Lipinski definition) is 14. The van der Waals surface area contributed by atoms with Crippen LogP contribution in [0.4, 0.5) is 0 Å². The molecule has 14 heteroatoms. The van der Waals surface area contributed by atoms with E-state index < -0.39 is 71.5 Å². The number of rotatable bonds is 7. The van der Waals surface area contributed by atoms with Crippen molar-refractivity contribution in [2.45, 2.75) is 177 Å². The standard InChI is InChI=1S/C48H78N4O10/c1-3-34(48(59)13-4-5-14-48)46(58)61-36-20-32-42(57)40-35(56)19-29(22-53)60-44(40)41-39-30-12-15-51-45(50)38(30)26(8-7-25-9-10-28(55)18-31(25)33(39)23-54)17-27(47(36,2)62-43(32)41)16-24-6-11-37(49)52-21-24/h3,24-33,36-45,51-55,57,59H,4-23,49-50H2,1-2H3/t24?,25?,26?,27-,28?,29?,30?,31?,32?,33?,36+,37?,38?,39?,40?,41?,42?,43?,44?,45?,47+/m1/s1. The Hall–Kier alpha value is -1.56. The fourth-order valence-corrected chi connectivity index (χ4v) is 15.9. The number of ether oxygens (including phenoxy) is 3. The quantitative estimate of drug-likeness (QED) is 0.132. The van der Waals surface area contributed by atoms with E-state index in [0.717, 1.165) is 77.2 Å². The second kappa shape index (κ2) is 18.3. The second-order valence-electron chi connectivity index (χ2n) is 22.0. The summed E-state index contributed by atoms with van der Waals surface area (Å²) in [7, 11) is 0. The van der Waals surface area contributed by atoms with Gasteiger partial charge in [0.05, 0.1) is 66.6 Å². The molecule has 0 amide bonds. The topological polar surface area (TPSA) is 239 Å². The lowest BCUT2D eigenvalue weighted by Crippen LogP contribution is -2.72. The van der Waals surface area contributed by atoms with Crippen molar-refractivity contribution in [2.75, 3.05) is 26.3 Å². The number of fused-ring (bicyclic) bond motifs is 5. The lowest BCUT2D eigenvalue weighted by molar-refractivity contribution is -0.311. The molecule has 9 fully saturated rings. The summed E-state index contributed by atoms with van der Waals surface area (Å²) < 4.78 is 21.5. The average molecular weight is 871 g/mol. The van der Waals surface area contributed by atoms with Crippen molar-refractivity contribution in [3.05, 3.63) is 11.6 Å². The number of aliphatic hydroxyl groups is 5. The summed E-state index contributed by atoms with van der Waals surface area (Å²) in [5.41, 5.74) is 11.6. The summed E-state index contributed by atoms with van der Waals surface area (Å²) in [5.74, 6) is -2.61. The summed E-state index contributed by atoms with van der Waals surface area (Å²) in [6, 6.07) is 0. The van der Waals surface area contributed by atoms with Crippen molar-refractivity contribution < 1.29 is 49.3 Å². The number of esters is 1. The predicted octanol–water partition coefficient (Wildman–Crippen LogP) is 2.26. The Morgan fingerprint density at radius 1 is 0.887 bits per heavy atom. The number of ketones is 1. The van der Waals surface area contributed by atoms with Gasteiger partial charge in [-0.1, -0.05) is 18.9 Å². The Morgan fingerprint density at radius 2 is 1.65 bits per heavy atom. The monoisotopic (exact) mass is 871 g/mol. The lowest BCUT2D eigenvalue weighted by Gasteiger charge is -2.63. The predicted molar refractivity (Wildman–Crippen MR) is 229 cm³/mol. The molecule has 0 aromatic rings. The van der Waals surface area contributed by atoms with Gasteiger partial charge in [0.1, 0.15) is 17.5 Å². The summed E-state index contributed by atoms with van der Waals surface area (Å²) in [5, 5.41) is 65.4. The molecule has 62 heavy (non-hydrogen) atoms. The van der Waals surface area contributed by atoms with Crippen molar-refractivity contribution in [3.63, 3.8) is 0 Å². The number of Topliss-reactive ketones (excluding diaryl/α,β-unsaturated/α-hetero) is 1. The van der Waals surface area contributed by atoms with Crippen molar-refractivity contribution >= 4 is 11.8 Å². The van der Waals surface area contributed by atoms with Gasteiger partial charge in [0.2, 0.25) is 0 Å². The zero-order valence-corrected chi connectivity index (χ0v) is 37.2. The number of carbonyl (C=O) groups is 2. The summed E-state index contributed by atoms with van der Waals surface area (Å²) in [4.78, 5) is 29.1. The van der Waals surface area contributed by atoms with Gasteiger partial charge in [-0.15, -0.1) is 0 Å². The molecule has 18 unspecified atom stereocenters. The van der Waals surface area contributed by atoms with E-state index in [1.54, 1.807) is 13.0 Å². The fourth-order valence-electron chi connectivity index (χ4n) is 15.9. The molecule has 0 radical (unpaired) electrons. The van der Waals surface area contributed by atoms with Crippen LogP contribution in [0.15, 0.2) is 11.6 Å². The number of carbonyl (C=O) groups excluding carboxylic acids is 2. The molecule has 4 bridgehead atoms. The lowest BCUT2D eigenvalue weighted by atomic mass is 9.50. The maximum absolute atomic E-state index is 14.6. The molecule has 4 saturated carbocycles. The van der Waals surface area contributed by atoms with E-state index in [0.29, 0.717) is 25.8 Å². The Kier molecular flexibility index (Phi) is 13.4. The molecule has 350 valence electrons. The van der Waals surface area contributed by atoms with E-state index >= 15 is 0 Å². The first-order chi connectivity index (χ1) is 29.8. The first-order valence-electron chi connectivity index (χ1n) is 24.8. The van der Waals surface area contributed by atoms with Gasteiger partial charge in [-0.2, -0.15) is 0 Å². The molecule has 14 nitrogen and oxygen atoms in total. The second-order valence-corrected chi connectivity index (χ2v) is 22.0. The molecule has 0 aromatic heterocycles. The first-order valence-corrected chi connectivity index (χ1v) is 24.8. The maximum atomic E-state index is 14.6. The Balaban J connectivity index is 1.23. The fraction of sp³-hybridized carbons (Fsp3) is 0.917. The molecular weight excluding hydrogens is 793 g/mol. The third kappa shape index (κ3) is 8.08. The molecule has 5 saturated heterocycles. The smallest absolute Gasteiger partial charge is 0.336 e. The molecule has 5 heterocycles. The van der Waals surface area contributed by atoms with Crippen LogP contribution in [0.5, 0.6) is 0 Å². The summed E-state index contributed by atoms with van der Waals surface area (Å²) >= 11 is 0. The Bertz CT molecular complexity index is 1640. The average Bonchev–Trinajstić information content (AvgIpc) is 3.70. The van der Waals surface area contributed by atoms with E-state index in [9.17, 15) is 35.1 Å². The highest BCUT2D eigenvalue weighted by atomic mass is 16.6. The van der Waals surface area contributed by atoms with Gasteiger partial charge in [-0.25, -0.2) is 4.79 Å². The summed E-state index contributed by atoms with van der Waals surface area (Å²) in [6.45, 7) is 4.90. The van der Waals surface area contributed by atoms with Crippen LogP contribution < -0.4 is 22.1 Å². The third-order valence-electron chi connectivity index (χ3n) is 18.9.